The van der Waals surface area contributed by atoms with Crippen molar-refractivity contribution in [2.75, 3.05) is 32.6 Å². The lowest BCUT2D eigenvalue weighted by Gasteiger charge is -2.31. The Morgan fingerprint density at radius 1 is 1.65 bits per heavy atom. The molecule has 20 heavy (non-hydrogen) atoms. The molecule has 7 heteroatoms. The lowest BCUT2D eigenvalue weighted by Crippen LogP contribution is -2.44. The highest BCUT2D eigenvalue weighted by Gasteiger charge is 2.26. The quantitative estimate of drug-likeness (QED) is 0.619. The number of thioether (sulfide) groups is 1. The first-order valence-corrected chi connectivity index (χ1v) is 7.82. The maximum Gasteiger partial charge on any atom is 0.261 e. The average molecular weight is 297 g/mol. The summed E-state index contributed by atoms with van der Waals surface area (Å²) in [5.41, 5.74) is 0.416. The molecule has 2 heterocycles. The molecule has 1 aliphatic heterocycles. The molecule has 1 aromatic heterocycles. The summed E-state index contributed by atoms with van der Waals surface area (Å²) in [4.78, 5) is 22.7. The predicted octanol–water partition coefficient (Wildman–Crippen LogP) is 1.46. The van der Waals surface area contributed by atoms with Crippen LogP contribution in [0.2, 0.25) is 0 Å². The second kappa shape index (κ2) is 6.90. The van der Waals surface area contributed by atoms with Gasteiger partial charge in [-0.05, 0) is 20.1 Å². The largest absolute Gasteiger partial charge is 0.477 e. The molecule has 1 fully saturated rings. The second-order valence-corrected chi connectivity index (χ2v) is 5.21. The van der Waals surface area contributed by atoms with Gasteiger partial charge in [0.1, 0.15) is 5.56 Å². The van der Waals surface area contributed by atoms with E-state index in [1.165, 1.54) is 11.8 Å². The highest BCUT2D eigenvalue weighted by molar-refractivity contribution is 7.98. The number of hydrogen-bond donors (Lipinski definition) is 0. The number of hydrogen-bond acceptors (Lipinski definition) is 6. The van der Waals surface area contributed by atoms with Crippen LogP contribution in [-0.2, 0) is 4.74 Å². The van der Waals surface area contributed by atoms with E-state index in [1.54, 1.807) is 11.1 Å². The highest BCUT2D eigenvalue weighted by atomic mass is 32.2. The maximum atomic E-state index is 12.5. The number of amides is 1. The molecule has 0 aromatic carbocycles. The van der Waals surface area contributed by atoms with Gasteiger partial charge in [-0.1, -0.05) is 11.8 Å². The number of aromatic nitrogens is 2. The maximum absolute atomic E-state index is 12.5. The van der Waals surface area contributed by atoms with E-state index in [0.29, 0.717) is 42.9 Å². The number of carbonyl (C=O) groups excluding carboxylic acids is 1. The molecular formula is C13H19N3O3S. The van der Waals surface area contributed by atoms with E-state index in [2.05, 4.69) is 9.97 Å². The van der Waals surface area contributed by atoms with Crippen molar-refractivity contribution in [1.82, 2.24) is 14.9 Å². The third-order valence-electron chi connectivity index (χ3n) is 2.95. The van der Waals surface area contributed by atoms with Crippen LogP contribution in [0.25, 0.3) is 0 Å². The Hall–Kier alpha value is -1.34. The molecule has 6 nitrogen and oxygen atoms in total. The van der Waals surface area contributed by atoms with Crippen molar-refractivity contribution < 1.29 is 14.3 Å². The minimum Gasteiger partial charge on any atom is -0.477 e. The van der Waals surface area contributed by atoms with E-state index in [1.807, 2.05) is 20.1 Å². The smallest absolute Gasteiger partial charge is 0.261 e. The zero-order chi connectivity index (χ0) is 14.5. The van der Waals surface area contributed by atoms with Gasteiger partial charge in [0, 0.05) is 19.3 Å². The lowest BCUT2D eigenvalue weighted by molar-refractivity contribution is -0.0126. The minimum absolute atomic E-state index is 0.0506. The average Bonchev–Trinajstić information content (AvgIpc) is 2.47. The standard InChI is InChI=1S/C13H19N3O3S/c1-4-18-11-10(7-14-13(15-11)20-3)12(17)16-5-6-19-9(2)8-16/h7,9H,4-6,8H2,1-3H3. The second-order valence-electron chi connectivity index (χ2n) is 4.44. The Morgan fingerprint density at radius 3 is 3.10 bits per heavy atom. The summed E-state index contributed by atoms with van der Waals surface area (Å²) < 4.78 is 10.9. The molecule has 1 atom stereocenters. The van der Waals surface area contributed by atoms with Crippen LogP contribution in [0.5, 0.6) is 5.88 Å². The molecular weight excluding hydrogens is 278 g/mol. The highest BCUT2D eigenvalue weighted by Crippen LogP contribution is 2.21. The Morgan fingerprint density at radius 2 is 2.45 bits per heavy atom. The van der Waals surface area contributed by atoms with Crippen LogP contribution >= 0.6 is 11.8 Å². The van der Waals surface area contributed by atoms with Gasteiger partial charge in [-0.15, -0.1) is 0 Å². The summed E-state index contributed by atoms with van der Waals surface area (Å²) in [6.07, 6.45) is 3.48. The molecule has 0 N–H and O–H groups in total. The molecule has 0 aliphatic carbocycles. The Labute approximate surface area is 122 Å². The molecule has 1 amide bonds. The zero-order valence-corrected chi connectivity index (χ0v) is 12.8. The summed E-state index contributed by atoms with van der Waals surface area (Å²) in [5.74, 6) is 0.257. The lowest BCUT2D eigenvalue weighted by atomic mass is 10.2. The van der Waals surface area contributed by atoms with Gasteiger partial charge in [0.05, 0.1) is 19.3 Å². The van der Waals surface area contributed by atoms with Crippen molar-refractivity contribution in [3.63, 3.8) is 0 Å². The van der Waals surface area contributed by atoms with E-state index in [-0.39, 0.29) is 12.0 Å². The van der Waals surface area contributed by atoms with Crippen molar-refractivity contribution in [2.45, 2.75) is 25.1 Å². The van der Waals surface area contributed by atoms with Gasteiger partial charge in [0.25, 0.3) is 5.91 Å². The summed E-state index contributed by atoms with van der Waals surface area (Å²) in [6.45, 7) is 6.00. The SMILES string of the molecule is CCOc1nc(SC)ncc1C(=O)N1CCOC(C)C1. The van der Waals surface area contributed by atoms with Gasteiger partial charge in [-0.3, -0.25) is 4.79 Å². The van der Waals surface area contributed by atoms with Crippen LogP contribution in [0.3, 0.4) is 0 Å². The summed E-state index contributed by atoms with van der Waals surface area (Å²) in [5, 5.41) is 0.598. The van der Waals surface area contributed by atoms with Gasteiger partial charge in [-0.25, -0.2) is 4.98 Å². The van der Waals surface area contributed by atoms with E-state index >= 15 is 0 Å². The fourth-order valence-corrected chi connectivity index (χ4v) is 2.35. The molecule has 1 unspecified atom stereocenters. The first kappa shape index (κ1) is 15.1. The van der Waals surface area contributed by atoms with Crippen LogP contribution in [-0.4, -0.2) is 59.4 Å². The molecule has 2 rings (SSSR count). The van der Waals surface area contributed by atoms with E-state index < -0.39 is 0 Å². The van der Waals surface area contributed by atoms with Crippen molar-refractivity contribution in [2.24, 2.45) is 0 Å². The Kier molecular flexibility index (Phi) is 5.19. The summed E-state index contributed by atoms with van der Waals surface area (Å²) >= 11 is 1.42. The fraction of sp³-hybridized carbons (Fsp3) is 0.615. The molecule has 0 spiro atoms. The summed E-state index contributed by atoms with van der Waals surface area (Å²) in [7, 11) is 0. The first-order valence-electron chi connectivity index (χ1n) is 6.60. The Balaban J connectivity index is 2.23. The third kappa shape index (κ3) is 3.40. The van der Waals surface area contributed by atoms with E-state index in [0.717, 1.165) is 0 Å². The Bertz CT molecular complexity index is 484. The number of carbonyl (C=O) groups is 1. The van der Waals surface area contributed by atoms with E-state index in [4.69, 9.17) is 9.47 Å². The fourth-order valence-electron chi connectivity index (χ4n) is 2.02. The van der Waals surface area contributed by atoms with Gasteiger partial charge in [-0.2, -0.15) is 4.98 Å². The molecule has 0 saturated carbocycles. The molecule has 110 valence electrons. The van der Waals surface area contributed by atoms with Crippen LogP contribution in [0.1, 0.15) is 24.2 Å². The van der Waals surface area contributed by atoms with Crippen molar-refractivity contribution >= 4 is 17.7 Å². The van der Waals surface area contributed by atoms with Crippen LogP contribution in [0, 0.1) is 0 Å². The van der Waals surface area contributed by atoms with Crippen molar-refractivity contribution in [3.05, 3.63) is 11.8 Å². The normalized spacial score (nSPS) is 18.9. The molecule has 1 aliphatic rings. The molecule has 0 bridgehead atoms. The van der Waals surface area contributed by atoms with Gasteiger partial charge in [0.2, 0.25) is 5.88 Å². The zero-order valence-electron chi connectivity index (χ0n) is 12.0. The predicted molar refractivity (Wildman–Crippen MR) is 76.3 cm³/mol. The first-order chi connectivity index (χ1) is 9.65. The van der Waals surface area contributed by atoms with Gasteiger partial charge < -0.3 is 14.4 Å². The minimum atomic E-state index is -0.101. The summed E-state index contributed by atoms with van der Waals surface area (Å²) in [6, 6.07) is 0. The third-order valence-corrected chi connectivity index (χ3v) is 3.52. The molecule has 1 saturated heterocycles. The monoisotopic (exact) mass is 297 g/mol. The van der Waals surface area contributed by atoms with Crippen molar-refractivity contribution in [1.29, 1.82) is 0 Å². The molecule has 1 aromatic rings. The topological polar surface area (TPSA) is 64.6 Å². The number of nitrogens with zero attached hydrogens (tertiary/aromatic N) is 3. The van der Waals surface area contributed by atoms with Crippen LogP contribution in [0.4, 0.5) is 0 Å². The van der Waals surface area contributed by atoms with Gasteiger partial charge >= 0.3 is 0 Å². The van der Waals surface area contributed by atoms with E-state index in [9.17, 15) is 4.79 Å². The number of ether oxygens (including phenoxy) is 2. The van der Waals surface area contributed by atoms with Crippen molar-refractivity contribution in [3.8, 4) is 5.88 Å². The number of rotatable bonds is 4. The van der Waals surface area contributed by atoms with Gasteiger partial charge in [0.15, 0.2) is 5.16 Å². The number of morpholine rings is 1. The van der Waals surface area contributed by atoms with Crippen LogP contribution < -0.4 is 4.74 Å². The molecule has 0 radical (unpaired) electrons. The van der Waals surface area contributed by atoms with Crippen LogP contribution in [0.15, 0.2) is 11.4 Å².